The maximum absolute atomic E-state index is 12.5. The van der Waals surface area contributed by atoms with Gasteiger partial charge >= 0.3 is 5.97 Å². The average Bonchev–Trinajstić information content (AvgIpc) is 3.27. The zero-order valence-corrected chi connectivity index (χ0v) is 19.3. The van der Waals surface area contributed by atoms with E-state index in [1.807, 2.05) is 48.6 Å². The minimum Gasteiger partial charge on any atom is -0.481 e. The fourth-order valence-electron chi connectivity index (χ4n) is 7.36. The van der Waals surface area contributed by atoms with Crippen LogP contribution >= 0.6 is 0 Å². The highest BCUT2D eigenvalue weighted by Crippen LogP contribution is 2.63. The van der Waals surface area contributed by atoms with Crippen molar-refractivity contribution in [2.75, 3.05) is 0 Å². The van der Waals surface area contributed by atoms with Gasteiger partial charge in [0.15, 0.2) is 6.29 Å². The van der Waals surface area contributed by atoms with E-state index in [1.165, 1.54) is 5.56 Å². The summed E-state index contributed by atoms with van der Waals surface area (Å²) >= 11 is 0. The van der Waals surface area contributed by atoms with Crippen molar-refractivity contribution in [1.82, 2.24) is 0 Å². The lowest BCUT2D eigenvalue weighted by molar-refractivity contribution is -0.139. The van der Waals surface area contributed by atoms with E-state index in [2.05, 4.69) is 48.6 Å². The Balaban J connectivity index is 1.64. The molecule has 3 unspecified atom stereocenters. The maximum Gasteiger partial charge on any atom is 0.304 e. The number of aliphatic hydroxyl groups is 2. The molecule has 0 aromatic heterocycles. The topological polar surface area (TPSA) is 77.8 Å². The second kappa shape index (κ2) is 8.04. The molecule has 3 aromatic rings. The van der Waals surface area contributed by atoms with E-state index in [1.54, 1.807) is 0 Å². The van der Waals surface area contributed by atoms with Gasteiger partial charge in [-0.2, -0.15) is 0 Å². The van der Waals surface area contributed by atoms with Crippen LogP contribution in [0, 0.1) is 5.92 Å². The van der Waals surface area contributed by atoms with Gasteiger partial charge in [0.05, 0.1) is 6.42 Å². The number of allylic oxidation sites excluding steroid dienone is 4. The van der Waals surface area contributed by atoms with Crippen molar-refractivity contribution in [3.8, 4) is 11.1 Å². The third-order valence-electron chi connectivity index (χ3n) is 8.42. The highest BCUT2D eigenvalue weighted by molar-refractivity contribution is 5.81. The van der Waals surface area contributed by atoms with Crippen LogP contribution in [-0.4, -0.2) is 27.6 Å². The summed E-state index contributed by atoms with van der Waals surface area (Å²) in [7, 11) is 0. The molecule has 6 rings (SSSR count). The number of hydrogen-bond acceptors (Lipinski definition) is 3. The van der Waals surface area contributed by atoms with Crippen molar-refractivity contribution in [3.63, 3.8) is 0 Å². The molecule has 0 amide bonds. The fourth-order valence-corrected chi connectivity index (χ4v) is 7.36. The van der Waals surface area contributed by atoms with Gasteiger partial charge in [-0.15, -0.1) is 0 Å². The first-order valence-corrected chi connectivity index (χ1v) is 12.2. The largest absolute Gasteiger partial charge is 0.481 e. The second-order valence-electron chi connectivity index (χ2n) is 10.2. The van der Waals surface area contributed by atoms with Gasteiger partial charge in [0.1, 0.15) is 0 Å². The average molecular weight is 465 g/mol. The van der Waals surface area contributed by atoms with Crippen molar-refractivity contribution >= 4 is 5.97 Å². The Morgan fingerprint density at radius 1 is 0.800 bits per heavy atom. The van der Waals surface area contributed by atoms with Gasteiger partial charge in [0.2, 0.25) is 0 Å². The maximum atomic E-state index is 12.5. The van der Waals surface area contributed by atoms with Crippen molar-refractivity contribution < 1.29 is 20.1 Å². The Hall–Kier alpha value is -3.47. The van der Waals surface area contributed by atoms with E-state index in [0.29, 0.717) is 6.42 Å². The molecule has 0 heterocycles. The van der Waals surface area contributed by atoms with E-state index in [0.717, 1.165) is 27.8 Å². The van der Waals surface area contributed by atoms with Gasteiger partial charge in [-0.1, -0.05) is 97.1 Å². The summed E-state index contributed by atoms with van der Waals surface area (Å²) in [5, 5.41) is 31.1. The van der Waals surface area contributed by atoms with Gasteiger partial charge in [-0.3, -0.25) is 4.79 Å². The second-order valence-corrected chi connectivity index (χ2v) is 10.2. The minimum atomic E-state index is -1.54. The number of hydrogen-bond donors (Lipinski definition) is 3. The molecular weight excluding hydrogens is 436 g/mol. The molecule has 3 aliphatic carbocycles. The molecule has 35 heavy (non-hydrogen) atoms. The molecule has 3 atom stereocenters. The minimum absolute atomic E-state index is 0.0308. The van der Waals surface area contributed by atoms with Gasteiger partial charge in [-0.25, -0.2) is 0 Å². The molecule has 3 N–H and O–H groups in total. The highest BCUT2D eigenvalue weighted by atomic mass is 16.5. The molecule has 176 valence electrons. The molecule has 4 nitrogen and oxygen atoms in total. The number of carboxylic acids is 1. The first kappa shape index (κ1) is 22.0. The Kier molecular flexibility index (Phi) is 5.06. The molecule has 0 aliphatic heterocycles. The number of aliphatic hydroxyl groups excluding tert-OH is 1. The molecule has 3 aliphatic rings. The summed E-state index contributed by atoms with van der Waals surface area (Å²) in [5.41, 5.74) is 5.00. The van der Waals surface area contributed by atoms with E-state index in [4.69, 9.17) is 0 Å². The molecule has 3 aromatic carbocycles. The van der Waals surface area contributed by atoms with Crippen molar-refractivity contribution in [2.45, 2.75) is 42.3 Å². The van der Waals surface area contributed by atoms with Gasteiger partial charge in [0, 0.05) is 23.2 Å². The molecule has 0 bridgehead atoms. The summed E-state index contributed by atoms with van der Waals surface area (Å²) in [4.78, 5) is 12.5. The van der Waals surface area contributed by atoms with E-state index < -0.39 is 23.1 Å². The molecule has 0 radical (unpaired) electrons. The molecule has 0 fully saturated rings. The Morgan fingerprint density at radius 3 is 2.00 bits per heavy atom. The Morgan fingerprint density at radius 2 is 1.37 bits per heavy atom. The summed E-state index contributed by atoms with van der Waals surface area (Å²) in [6, 6.07) is 24.5. The normalized spacial score (nSPS) is 24.7. The smallest absolute Gasteiger partial charge is 0.304 e. The Bertz CT molecular complexity index is 1320. The molecule has 0 spiro atoms. The monoisotopic (exact) mass is 464 g/mol. The van der Waals surface area contributed by atoms with Gasteiger partial charge in [0.25, 0.3) is 0 Å². The number of rotatable bonds is 6. The fraction of sp³-hybridized carbons (Fsp3) is 0.258. The van der Waals surface area contributed by atoms with Crippen LogP contribution in [0.1, 0.15) is 47.4 Å². The van der Waals surface area contributed by atoms with Crippen LogP contribution in [0.15, 0.2) is 97.1 Å². The van der Waals surface area contributed by atoms with E-state index >= 15 is 0 Å². The first-order valence-electron chi connectivity index (χ1n) is 12.2. The number of aliphatic carboxylic acids is 1. The van der Waals surface area contributed by atoms with Gasteiger partial charge < -0.3 is 15.3 Å². The lowest BCUT2D eigenvalue weighted by Gasteiger charge is -2.45. The first-order chi connectivity index (χ1) is 17.0. The number of fused-ring (bicyclic) bond motifs is 6. The number of benzene rings is 3. The zero-order valence-electron chi connectivity index (χ0n) is 19.3. The highest BCUT2D eigenvalue weighted by Gasteiger charge is 2.57. The summed E-state index contributed by atoms with van der Waals surface area (Å²) in [6.07, 6.45) is 7.40. The predicted octanol–water partition coefficient (Wildman–Crippen LogP) is 5.30. The van der Waals surface area contributed by atoms with Crippen LogP contribution in [-0.2, 0) is 15.6 Å². The Labute approximate surface area is 204 Å². The number of carboxylic acid groups (broad SMARTS) is 1. The van der Waals surface area contributed by atoms with Gasteiger partial charge in [-0.05, 0) is 45.7 Å². The van der Waals surface area contributed by atoms with Crippen LogP contribution < -0.4 is 0 Å². The van der Waals surface area contributed by atoms with Crippen molar-refractivity contribution in [3.05, 3.63) is 119 Å². The molecule has 0 saturated carbocycles. The SMILES string of the molecule is O=C(O)CC1(CC2(CC(O)O)c3ccccc3-c3ccccc32)c2ccccc2C2C=CC=CC21. The quantitative estimate of drug-likeness (QED) is 0.433. The lowest BCUT2D eigenvalue weighted by Crippen LogP contribution is -2.44. The zero-order chi connectivity index (χ0) is 24.2. The third kappa shape index (κ3) is 3.17. The predicted molar refractivity (Wildman–Crippen MR) is 135 cm³/mol. The van der Waals surface area contributed by atoms with E-state index in [-0.39, 0.29) is 24.7 Å². The van der Waals surface area contributed by atoms with E-state index in [9.17, 15) is 20.1 Å². The standard InChI is InChI=1S/C31H28O4/c32-28(33)17-30(24-13-5-1-9-20(24)21-10-2-6-14-25(21)30)19-31(18-29(34)35)26-15-7-3-11-22(26)23-12-4-8-16-27(23)31/h1-16,20,24,29,34-35H,17-19H2,(H,32,33). The molecule has 0 saturated heterocycles. The van der Waals surface area contributed by atoms with Crippen LogP contribution in [0.5, 0.6) is 0 Å². The van der Waals surface area contributed by atoms with Crippen molar-refractivity contribution in [1.29, 1.82) is 0 Å². The van der Waals surface area contributed by atoms with Crippen LogP contribution in [0.2, 0.25) is 0 Å². The van der Waals surface area contributed by atoms with Crippen LogP contribution in [0.25, 0.3) is 11.1 Å². The van der Waals surface area contributed by atoms with Crippen molar-refractivity contribution in [2.24, 2.45) is 5.92 Å². The lowest BCUT2D eigenvalue weighted by atomic mass is 9.58. The van der Waals surface area contributed by atoms with Crippen LogP contribution in [0.4, 0.5) is 0 Å². The summed E-state index contributed by atoms with van der Waals surface area (Å²) in [5.74, 6) is -0.783. The molecule has 4 heteroatoms. The summed E-state index contributed by atoms with van der Waals surface area (Å²) in [6.45, 7) is 0. The number of carbonyl (C=O) groups is 1. The molecular formula is C31H28O4. The third-order valence-corrected chi connectivity index (χ3v) is 8.42. The summed E-state index contributed by atoms with van der Waals surface area (Å²) < 4.78 is 0. The van der Waals surface area contributed by atoms with Crippen LogP contribution in [0.3, 0.4) is 0 Å².